The van der Waals surface area contributed by atoms with Gasteiger partial charge in [-0.2, -0.15) is 0 Å². The lowest BCUT2D eigenvalue weighted by atomic mass is 10.0. The Morgan fingerprint density at radius 1 is 1.33 bits per heavy atom. The fourth-order valence-corrected chi connectivity index (χ4v) is 2.45. The molecule has 0 spiro atoms. The summed E-state index contributed by atoms with van der Waals surface area (Å²) in [6.45, 7) is 3.69. The van der Waals surface area contributed by atoms with Gasteiger partial charge in [0.2, 0.25) is 0 Å². The third kappa shape index (κ3) is 2.91. The van der Waals surface area contributed by atoms with E-state index in [1.54, 1.807) is 0 Å². The van der Waals surface area contributed by atoms with Crippen molar-refractivity contribution in [2.24, 2.45) is 0 Å². The van der Waals surface area contributed by atoms with Crippen LogP contribution in [0, 0.1) is 0 Å². The Hall–Kier alpha value is -1.35. The number of aliphatic hydroxyl groups is 1. The molecule has 0 saturated carbocycles. The van der Waals surface area contributed by atoms with Crippen LogP contribution in [-0.2, 0) is 0 Å². The molecule has 1 N–H and O–H groups in total. The van der Waals surface area contributed by atoms with Gasteiger partial charge in [-0.05, 0) is 31.4 Å². The third-order valence-electron chi connectivity index (χ3n) is 3.49. The van der Waals surface area contributed by atoms with Crippen molar-refractivity contribution in [1.29, 1.82) is 0 Å². The molecule has 3 nitrogen and oxygen atoms in total. The van der Waals surface area contributed by atoms with Crippen molar-refractivity contribution < 1.29 is 9.90 Å². The number of anilines is 1. The van der Waals surface area contributed by atoms with Crippen molar-refractivity contribution in [2.45, 2.75) is 38.7 Å². The number of rotatable bonds is 4. The molecule has 2 rings (SSSR count). The summed E-state index contributed by atoms with van der Waals surface area (Å²) in [6, 6.07) is 7.83. The highest BCUT2D eigenvalue weighted by Gasteiger charge is 2.20. The standard InChI is InChI=1S/C15H21NO2/c1-2-5-15(18)13-6-3-4-7-14(13)16-10-8-12(17)9-11-16/h3-4,6-7,12,17H,2,5,8-11H2,1H3. The van der Waals surface area contributed by atoms with E-state index in [0.29, 0.717) is 6.42 Å². The quantitative estimate of drug-likeness (QED) is 0.831. The summed E-state index contributed by atoms with van der Waals surface area (Å²) in [7, 11) is 0. The smallest absolute Gasteiger partial charge is 0.164 e. The highest BCUT2D eigenvalue weighted by Crippen LogP contribution is 2.25. The van der Waals surface area contributed by atoms with Crippen LogP contribution in [0.5, 0.6) is 0 Å². The molecule has 1 aliphatic heterocycles. The van der Waals surface area contributed by atoms with Gasteiger partial charge in [-0.15, -0.1) is 0 Å². The van der Waals surface area contributed by atoms with Gasteiger partial charge in [-0.25, -0.2) is 0 Å². The summed E-state index contributed by atoms with van der Waals surface area (Å²) in [5.74, 6) is 0.222. The van der Waals surface area contributed by atoms with Gasteiger partial charge < -0.3 is 10.0 Å². The van der Waals surface area contributed by atoms with Crippen molar-refractivity contribution in [2.75, 3.05) is 18.0 Å². The minimum Gasteiger partial charge on any atom is -0.393 e. The minimum absolute atomic E-state index is 0.181. The zero-order chi connectivity index (χ0) is 13.0. The van der Waals surface area contributed by atoms with E-state index in [-0.39, 0.29) is 11.9 Å². The first-order valence-corrected chi connectivity index (χ1v) is 6.77. The van der Waals surface area contributed by atoms with E-state index in [9.17, 15) is 9.90 Å². The lowest BCUT2D eigenvalue weighted by Gasteiger charge is -2.32. The van der Waals surface area contributed by atoms with E-state index in [0.717, 1.165) is 43.6 Å². The molecule has 1 heterocycles. The minimum atomic E-state index is -0.181. The van der Waals surface area contributed by atoms with Gasteiger partial charge in [0.05, 0.1) is 6.10 Å². The maximum atomic E-state index is 12.1. The first-order valence-electron chi connectivity index (χ1n) is 6.77. The van der Waals surface area contributed by atoms with Crippen molar-refractivity contribution in [3.8, 4) is 0 Å². The first kappa shape index (κ1) is 13.1. The van der Waals surface area contributed by atoms with Gasteiger partial charge in [-0.3, -0.25) is 4.79 Å². The van der Waals surface area contributed by atoms with Gasteiger partial charge in [0.25, 0.3) is 0 Å². The van der Waals surface area contributed by atoms with Crippen LogP contribution in [0.15, 0.2) is 24.3 Å². The molecule has 0 bridgehead atoms. The van der Waals surface area contributed by atoms with Crippen molar-refractivity contribution in [3.05, 3.63) is 29.8 Å². The maximum Gasteiger partial charge on any atom is 0.164 e. The zero-order valence-electron chi connectivity index (χ0n) is 10.9. The normalized spacial score (nSPS) is 16.9. The Morgan fingerprint density at radius 3 is 2.67 bits per heavy atom. The second-order valence-electron chi connectivity index (χ2n) is 4.91. The van der Waals surface area contributed by atoms with Gasteiger partial charge in [0.1, 0.15) is 0 Å². The van der Waals surface area contributed by atoms with Crippen LogP contribution < -0.4 is 4.90 Å². The Kier molecular flexibility index (Phi) is 4.37. The molecular formula is C15H21NO2. The Bertz CT molecular complexity index is 409. The number of piperidine rings is 1. The van der Waals surface area contributed by atoms with Gasteiger partial charge >= 0.3 is 0 Å². The fourth-order valence-electron chi connectivity index (χ4n) is 2.45. The molecule has 18 heavy (non-hydrogen) atoms. The molecule has 0 amide bonds. The summed E-state index contributed by atoms with van der Waals surface area (Å²) in [5.41, 5.74) is 1.86. The number of carbonyl (C=O) groups is 1. The number of hydrogen-bond donors (Lipinski definition) is 1. The number of hydrogen-bond acceptors (Lipinski definition) is 3. The molecule has 3 heteroatoms. The van der Waals surface area contributed by atoms with E-state index in [4.69, 9.17) is 0 Å². The summed E-state index contributed by atoms with van der Waals surface area (Å²) in [5, 5.41) is 9.54. The second kappa shape index (κ2) is 6.01. The van der Waals surface area contributed by atoms with Gasteiger partial charge in [0, 0.05) is 30.8 Å². The number of aliphatic hydroxyl groups excluding tert-OH is 1. The van der Waals surface area contributed by atoms with Crippen LogP contribution in [0.3, 0.4) is 0 Å². The molecule has 0 atom stereocenters. The van der Waals surface area contributed by atoms with E-state index < -0.39 is 0 Å². The SMILES string of the molecule is CCCC(=O)c1ccccc1N1CCC(O)CC1. The van der Waals surface area contributed by atoms with Crippen molar-refractivity contribution in [3.63, 3.8) is 0 Å². The van der Waals surface area contributed by atoms with Crippen molar-refractivity contribution in [1.82, 2.24) is 0 Å². The monoisotopic (exact) mass is 247 g/mol. The molecule has 0 radical (unpaired) electrons. The molecule has 1 aromatic carbocycles. The van der Waals surface area contributed by atoms with Crippen LogP contribution in [0.1, 0.15) is 43.0 Å². The van der Waals surface area contributed by atoms with Gasteiger partial charge in [-0.1, -0.05) is 19.1 Å². The molecule has 0 unspecified atom stereocenters. The molecule has 98 valence electrons. The molecule has 1 fully saturated rings. The summed E-state index contributed by atoms with van der Waals surface area (Å²) >= 11 is 0. The summed E-state index contributed by atoms with van der Waals surface area (Å²) < 4.78 is 0. The number of Topliss-reactive ketones (excluding diaryl/α,β-unsaturated/α-hetero) is 1. The molecule has 1 aliphatic rings. The number of para-hydroxylation sites is 1. The summed E-state index contributed by atoms with van der Waals surface area (Å²) in [4.78, 5) is 14.3. The van der Waals surface area contributed by atoms with Crippen LogP contribution in [0.2, 0.25) is 0 Å². The molecule has 0 aliphatic carbocycles. The number of nitrogens with zero attached hydrogens (tertiary/aromatic N) is 1. The summed E-state index contributed by atoms with van der Waals surface area (Å²) in [6.07, 6.45) is 2.88. The largest absolute Gasteiger partial charge is 0.393 e. The zero-order valence-corrected chi connectivity index (χ0v) is 10.9. The Morgan fingerprint density at radius 2 is 2.00 bits per heavy atom. The average molecular weight is 247 g/mol. The van der Waals surface area contributed by atoms with Crippen LogP contribution >= 0.6 is 0 Å². The third-order valence-corrected chi connectivity index (χ3v) is 3.49. The highest BCUT2D eigenvalue weighted by molar-refractivity contribution is 6.01. The van der Waals surface area contributed by atoms with Crippen LogP contribution in [0.25, 0.3) is 0 Å². The van der Waals surface area contributed by atoms with E-state index >= 15 is 0 Å². The predicted molar refractivity (Wildman–Crippen MR) is 73.1 cm³/mol. The first-order chi connectivity index (χ1) is 8.72. The molecule has 0 aromatic heterocycles. The van der Waals surface area contributed by atoms with E-state index in [1.165, 1.54) is 0 Å². The Labute approximate surface area is 108 Å². The number of carbonyl (C=O) groups excluding carboxylic acids is 1. The molecule has 1 saturated heterocycles. The lowest BCUT2D eigenvalue weighted by Crippen LogP contribution is -2.36. The average Bonchev–Trinajstić information content (AvgIpc) is 2.40. The highest BCUT2D eigenvalue weighted by atomic mass is 16.3. The maximum absolute atomic E-state index is 12.1. The van der Waals surface area contributed by atoms with E-state index in [1.807, 2.05) is 31.2 Å². The van der Waals surface area contributed by atoms with Gasteiger partial charge in [0.15, 0.2) is 5.78 Å². The second-order valence-corrected chi connectivity index (χ2v) is 4.91. The topological polar surface area (TPSA) is 40.5 Å². The number of ketones is 1. The molecular weight excluding hydrogens is 226 g/mol. The fraction of sp³-hybridized carbons (Fsp3) is 0.533. The van der Waals surface area contributed by atoms with Crippen LogP contribution in [-0.4, -0.2) is 30.1 Å². The van der Waals surface area contributed by atoms with Crippen LogP contribution in [0.4, 0.5) is 5.69 Å². The van der Waals surface area contributed by atoms with E-state index in [2.05, 4.69) is 4.90 Å². The van der Waals surface area contributed by atoms with Crippen molar-refractivity contribution >= 4 is 11.5 Å². The number of benzene rings is 1. The Balaban J connectivity index is 2.19. The molecule has 1 aromatic rings. The predicted octanol–water partition coefficient (Wildman–Crippen LogP) is 2.63. The lowest BCUT2D eigenvalue weighted by molar-refractivity contribution is 0.0982.